The molecule has 0 saturated heterocycles. The number of esters is 1. The molecular formula is C9H16O7. The highest BCUT2D eigenvalue weighted by Gasteiger charge is 2.35. The highest BCUT2D eigenvalue weighted by atomic mass is 16.6. The molecule has 0 heterocycles. The third kappa shape index (κ3) is 4.23. The van der Waals surface area contributed by atoms with Gasteiger partial charge in [-0.2, -0.15) is 0 Å². The summed E-state index contributed by atoms with van der Waals surface area (Å²) in [4.78, 5) is 21.4. The van der Waals surface area contributed by atoms with Gasteiger partial charge in [-0.1, -0.05) is 0 Å². The van der Waals surface area contributed by atoms with E-state index in [-0.39, 0.29) is 0 Å². The van der Waals surface area contributed by atoms with Crippen molar-refractivity contribution in [3.8, 4) is 0 Å². The van der Waals surface area contributed by atoms with Gasteiger partial charge in [0.2, 0.25) is 0 Å². The van der Waals surface area contributed by atoms with Crippen LogP contribution in [-0.2, 0) is 19.1 Å². The summed E-state index contributed by atoms with van der Waals surface area (Å²) in [5, 5.41) is 27.4. The van der Waals surface area contributed by atoms with Crippen LogP contribution in [0.4, 0.5) is 0 Å². The first-order chi connectivity index (χ1) is 7.47. The van der Waals surface area contributed by atoms with Crippen molar-refractivity contribution >= 4 is 12.3 Å². The third-order valence-electron chi connectivity index (χ3n) is 1.95. The van der Waals surface area contributed by atoms with Gasteiger partial charge >= 0.3 is 5.97 Å². The van der Waals surface area contributed by atoms with E-state index in [4.69, 9.17) is 5.11 Å². The number of methoxy groups -OCH3 is 1. The van der Waals surface area contributed by atoms with Crippen molar-refractivity contribution < 1.29 is 34.4 Å². The fourth-order valence-electron chi connectivity index (χ4n) is 1.12. The molecule has 0 aliphatic heterocycles. The smallest absolute Gasteiger partial charge is 0.303 e. The molecular weight excluding hydrogens is 220 g/mol. The molecule has 0 rings (SSSR count). The molecule has 0 unspecified atom stereocenters. The van der Waals surface area contributed by atoms with Crippen molar-refractivity contribution in [2.24, 2.45) is 0 Å². The van der Waals surface area contributed by atoms with Crippen LogP contribution < -0.4 is 0 Å². The van der Waals surface area contributed by atoms with Crippen LogP contribution in [0.5, 0.6) is 0 Å². The zero-order chi connectivity index (χ0) is 12.7. The molecule has 0 aromatic rings. The minimum atomic E-state index is -1.61. The number of rotatable bonds is 7. The Bertz CT molecular complexity index is 230. The molecule has 0 bridgehead atoms. The molecule has 4 atom stereocenters. The van der Waals surface area contributed by atoms with E-state index in [0.717, 1.165) is 6.92 Å². The van der Waals surface area contributed by atoms with E-state index in [1.807, 2.05) is 0 Å². The summed E-state index contributed by atoms with van der Waals surface area (Å²) in [6, 6.07) is 0. The molecule has 0 aliphatic carbocycles. The first kappa shape index (κ1) is 15.0. The largest absolute Gasteiger partial charge is 0.456 e. The fraction of sp³-hybridized carbons (Fsp3) is 0.778. The van der Waals surface area contributed by atoms with Gasteiger partial charge in [-0.05, 0) is 0 Å². The highest BCUT2D eigenvalue weighted by Crippen LogP contribution is 2.11. The van der Waals surface area contributed by atoms with E-state index in [0.29, 0.717) is 6.29 Å². The lowest BCUT2D eigenvalue weighted by molar-refractivity contribution is -0.174. The maximum atomic E-state index is 10.8. The van der Waals surface area contributed by atoms with Gasteiger partial charge in [0.15, 0.2) is 18.5 Å². The van der Waals surface area contributed by atoms with Crippen LogP contribution in [0.1, 0.15) is 6.92 Å². The van der Waals surface area contributed by atoms with Crippen molar-refractivity contribution in [2.75, 3.05) is 13.7 Å². The molecule has 7 nitrogen and oxygen atoms in total. The zero-order valence-electron chi connectivity index (χ0n) is 9.07. The van der Waals surface area contributed by atoms with Gasteiger partial charge in [0.05, 0.1) is 6.61 Å². The monoisotopic (exact) mass is 236 g/mol. The Morgan fingerprint density at radius 3 is 2.31 bits per heavy atom. The molecule has 0 spiro atoms. The molecule has 94 valence electrons. The summed E-state index contributed by atoms with van der Waals surface area (Å²) in [6.07, 6.45) is -5.37. The molecule has 0 aromatic heterocycles. The average molecular weight is 236 g/mol. The Balaban J connectivity index is 4.76. The van der Waals surface area contributed by atoms with Gasteiger partial charge in [0, 0.05) is 14.0 Å². The first-order valence-corrected chi connectivity index (χ1v) is 4.60. The highest BCUT2D eigenvalue weighted by molar-refractivity contribution is 5.67. The van der Waals surface area contributed by atoms with Crippen LogP contribution in [0.25, 0.3) is 0 Å². The maximum Gasteiger partial charge on any atom is 0.303 e. The first-order valence-electron chi connectivity index (χ1n) is 4.60. The Morgan fingerprint density at radius 1 is 1.44 bits per heavy atom. The predicted octanol–water partition coefficient (Wildman–Crippen LogP) is -2.15. The van der Waals surface area contributed by atoms with Crippen LogP contribution in [0.15, 0.2) is 0 Å². The summed E-state index contributed by atoms with van der Waals surface area (Å²) in [5.74, 6) is -0.738. The van der Waals surface area contributed by atoms with Crippen molar-refractivity contribution in [3.05, 3.63) is 0 Å². The van der Waals surface area contributed by atoms with Crippen molar-refractivity contribution in [3.63, 3.8) is 0 Å². The molecule has 3 N–H and O–H groups in total. The average Bonchev–Trinajstić information content (AvgIpc) is 2.26. The van der Waals surface area contributed by atoms with E-state index < -0.39 is 37.0 Å². The summed E-state index contributed by atoms with van der Waals surface area (Å²) in [6.45, 7) is 0.358. The second kappa shape index (κ2) is 7.29. The van der Waals surface area contributed by atoms with Crippen molar-refractivity contribution in [1.29, 1.82) is 0 Å². The quantitative estimate of drug-likeness (QED) is 0.341. The van der Waals surface area contributed by atoms with Crippen LogP contribution in [0, 0.1) is 0 Å². The molecule has 0 aliphatic rings. The Hall–Kier alpha value is -1.02. The van der Waals surface area contributed by atoms with E-state index in [2.05, 4.69) is 9.47 Å². The van der Waals surface area contributed by atoms with Crippen LogP contribution in [0.3, 0.4) is 0 Å². The summed E-state index contributed by atoms with van der Waals surface area (Å²) in [5.41, 5.74) is 0. The lowest BCUT2D eigenvalue weighted by Gasteiger charge is -2.28. The predicted molar refractivity (Wildman–Crippen MR) is 51.5 cm³/mol. The number of carbonyl (C=O) groups excluding carboxylic acids is 2. The number of aldehydes is 1. The maximum absolute atomic E-state index is 10.8. The Kier molecular flexibility index (Phi) is 6.82. The van der Waals surface area contributed by atoms with Gasteiger partial charge in [-0.15, -0.1) is 0 Å². The van der Waals surface area contributed by atoms with E-state index in [9.17, 15) is 19.8 Å². The summed E-state index contributed by atoms with van der Waals surface area (Å²) < 4.78 is 9.34. The number of hydrogen-bond acceptors (Lipinski definition) is 7. The molecule has 0 radical (unpaired) electrons. The second-order valence-corrected chi connectivity index (χ2v) is 3.15. The number of aliphatic hydroxyl groups excluding tert-OH is 3. The zero-order valence-corrected chi connectivity index (χ0v) is 9.07. The van der Waals surface area contributed by atoms with Gasteiger partial charge in [0.1, 0.15) is 12.2 Å². The topological polar surface area (TPSA) is 113 Å². The lowest BCUT2D eigenvalue weighted by atomic mass is 10.0. The van der Waals surface area contributed by atoms with Gasteiger partial charge < -0.3 is 29.6 Å². The minimum absolute atomic E-state index is 0.334. The SMILES string of the molecule is CO[C@@H](C=O)[C@@H](OC(C)=O)[C@H](O)[C@H](O)CO. The minimum Gasteiger partial charge on any atom is -0.456 e. The number of hydrogen-bond donors (Lipinski definition) is 3. The van der Waals surface area contributed by atoms with Gasteiger partial charge in [-0.3, -0.25) is 4.79 Å². The van der Waals surface area contributed by atoms with Crippen LogP contribution in [-0.4, -0.2) is 65.7 Å². The Labute approximate surface area is 92.6 Å². The Morgan fingerprint density at radius 2 is 2.00 bits per heavy atom. The molecule has 0 fully saturated rings. The molecule has 0 amide bonds. The van der Waals surface area contributed by atoms with Gasteiger partial charge in [0.25, 0.3) is 0 Å². The molecule has 7 heteroatoms. The van der Waals surface area contributed by atoms with Crippen LogP contribution in [0.2, 0.25) is 0 Å². The number of carbonyl (C=O) groups is 2. The lowest BCUT2D eigenvalue weighted by Crippen LogP contribution is -2.49. The van der Waals surface area contributed by atoms with E-state index >= 15 is 0 Å². The molecule has 0 saturated carbocycles. The summed E-state index contributed by atoms with van der Waals surface area (Å²) >= 11 is 0. The normalized spacial score (nSPS) is 18.3. The number of aliphatic hydroxyl groups is 3. The van der Waals surface area contributed by atoms with Gasteiger partial charge in [-0.25, -0.2) is 0 Å². The summed E-state index contributed by atoms with van der Waals surface area (Å²) in [7, 11) is 1.19. The molecule has 0 aromatic carbocycles. The van der Waals surface area contributed by atoms with E-state index in [1.165, 1.54) is 7.11 Å². The standard InChI is InChI=1S/C9H16O7/c1-5(12)16-9(7(4-11)15-2)8(14)6(13)3-10/h4,6-10,13-14H,3H2,1-2H3/t6-,7+,8-,9-/m1/s1. The van der Waals surface area contributed by atoms with Crippen molar-refractivity contribution in [2.45, 2.75) is 31.3 Å². The molecule has 16 heavy (non-hydrogen) atoms. The number of ether oxygens (including phenoxy) is 2. The van der Waals surface area contributed by atoms with Crippen molar-refractivity contribution in [1.82, 2.24) is 0 Å². The van der Waals surface area contributed by atoms with E-state index in [1.54, 1.807) is 0 Å². The second-order valence-electron chi connectivity index (χ2n) is 3.15. The van der Waals surface area contributed by atoms with Crippen LogP contribution >= 0.6 is 0 Å². The third-order valence-corrected chi connectivity index (χ3v) is 1.95. The fourth-order valence-corrected chi connectivity index (χ4v) is 1.12.